The number of nitrogens with one attached hydrogen (secondary N) is 1. The molecule has 2 fully saturated rings. The van der Waals surface area contributed by atoms with E-state index in [2.05, 4.69) is 12.2 Å². The van der Waals surface area contributed by atoms with Crippen molar-refractivity contribution in [3.05, 3.63) is 0 Å². The highest BCUT2D eigenvalue weighted by Gasteiger charge is 2.41. The number of carboxylic acid groups (broad SMARTS) is 1. The summed E-state index contributed by atoms with van der Waals surface area (Å²) in [6.45, 7) is 4.11. The second-order valence-corrected chi connectivity index (χ2v) is 6.82. The zero-order chi connectivity index (χ0) is 14.7. The van der Waals surface area contributed by atoms with Gasteiger partial charge in [-0.25, -0.2) is 0 Å². The highest BCUT2D eigenvalue weighted by atomic mass is 16.4. The van der Waals surface area contributed by atoms with Gasteiger partial charge in [-0.3, -0.25) is 9.59 Å². The van der Waals surface area contributed by atoms with Crippen LogP contribution in [0.5, 0.6) is 0 Å². The van der Waals surface area contributed by atoms with Gasteiger partial charge < -0.3 is 10.4 Å². The Morgan fingerprint density at radius 2 is 1.70 bits per heavy atom. The number of carbonyl (C=O) groups is 2. The fraction of sp³-hybridized carbons (Fsp3) is 0.875. The summed E-state index contributed by atoms with van der Waals surface area (Å²) in [6, 6.07) is 0.174. The third-order valence-corrected chi connectivity index (χ3v) is 5.18. The van der Waals surface area contributed by atoms with Gasteiger partial charge in [-0.05, 0) is 44.4 Å². The normalized spacial score (nSPS) is 32.8. The first-order valence-electron chi connectivity index (χ1n) is 8.02. The Labute approximate surface area is 121 Å². The van der Waals surface area contributed by atoms with E-state index >= 15 is 0 Å². The van der Waals surface area contributed by atoms with Crippen LogP contribution in [0.25, 0.3) is 0 Å². The van der Waals surface area contributed by atoms with Crippen LogP contribution in [-0.2, 0) is 9.59 Å². The average molecular weight is 281 g/mol. The van der Waals surface area contributed by atoms with Crippen molar-refractivity contribution < 1.29 is 14.7 Å². The lowest BCUT2D eigenvalue weighted by atomic mass is 9.84. The van der Waals surface area contributed by atoms with Gasteiger partial charge in [-0.2, -0.15) is 0 Å². The van der Waals surface area contributed by atoms with E-state index in [0.29, 0.717) is 24.7 Å². The van der Waals surface area contributed by atoms with Crippen LogP contribution in [0.15, 0.2) is 0 Å². The Bertz CT molecular complexity index is 363. The van der Waals surface area contributed by atoms with Gasteiger partial charge in [0.15, 0.2) is 0 Å². The van der Waals surface area contributed by atoms with Crippen LogP contribution in [0.3, 0.4) is 0 Å². The first kappa shape index (κ1) is 15.3. The summed E-state index contributed by atoms with van der Waals surface area (Å²) in [5.41, 5.74) is 0. The van der Waals surface area contributed by atoms with E-state index in [9.17, 15) is 14.7 Å². The lowest BCUT2D eigenvalue weighted by molar-refractivity contribution is -0.146. The maximum atomic E-state index is 12.4. The molecule has 2 aliphatic carbocycles. The van der Waals surface area contributed by atoms with Crippen LogP contribution < -0.4 is 5.32 Å². The maximum Gasteiger partial charge on any atom is 0.307 e. The van der Waals surface area contributed by atoms with Crippen LogP contribution in [0.2, 0.25) is 0 Å². The largest absolute Gasteiger partial charge is 0.481 e. The fourth-order valence-corrected chi connectivity index (χ4v) is 3.94. The summed E-state index contributed by atoms with van der Waals surface area (Å²) in [5, 5.41) is 12.3. The third-order valence-electron chi connectivity index (χ3n) is 5.18. The molecule has 0 heterocycles. The standard InChI is InChI=1S/C16H27NO3/c1-10-8-13(14(9-10)16(19)20)15(18)17-11(2)12-6-4-3-5-7-12/h10-14H,3-9H2,1-2H3,(H,17,18)(H,19,20)/t10?,11-,13+,14-/m1/s1. The maximum absolute atomic E-state index is 12.4. The smallest absolute Gasteiger partial charge is 0.307 e. The van der Waals surface area contributed by atoms with Gasteiger partial charge in [0, 0.05) is 6.04 Å². The Kier molecular flexibility index (Phi) is 5.06. The first-order valence-corrected chi connectivity index (χ1v) is 8.02. The number of aliphatic carboxylic acids is 1. The van der Waals surface area contributed by atoms with Crippen molar-refractivity contribution in [3.8, 4) is 0 Å². The highest BCUT2D eigenvalue weighted by Crippen LogP contribution is 2.37. The van der Waals surface area contributed by atoms with Crippen molar-refractivity contribution in [1.82, 2.24) is 5.32 Å². The second-order valence-electron chi connectivity index (χ2n) is 6.82. The molecule has 0 aromatic heterocycles. The Hall–Kier alpha value is -1.06. The summed E-state index contributed by atoms with van der Waals surface area (Å²) in [7, 11) is 0. The molecule has 114 valence electrons. The van der Waals surface area contributed by atoms with E-state index < -0.39 is 11.9 Å². The average Bonchev–Trinajstić information content (AvgIpc) is 2.82. The molecule has 2 N–H and O–H groups in total. The second kappa shape index (κ2) is 6.59. The van der Waals surface area contributed by atoms with Gasteiger partial charge in [-0.15, -0.1) is 0 Å². The predicted molar refractivity (Wildman–Crippen MR) is 77.2 cm³/mol. The minimum Gasteiger partial charge on any atom is -0.481 e. The highest BCUT2D eigenvalue weighted by molar-refractivity contribution is 5.85. The van der Waals surface area contributed by atoms with E-state index in [1.807, 2.05) is 6.92 Å². The lowest BCUT2D eigenvalue weighted by Crippen LogP contribution is -2.43. The van der Waals surface area contributed by atoms with Gasteiger partial charge in [0.1, 0.15) is 0 Å². The van der Waals surface area contributed by atoms with Gasteiger partial charge in [0.05, 0.1) is 11.8 Å². The van der Waals surface area contributed by atoms with Crippen LogP contribution in [-0.4, -0.2) is 23.0 Å². The zero-order valence-corrected chi connectivity index (χ0v) is 12.6. The van der Waals surface area contributed by atoms with Gasteiger partial charge in [0.2, 0.25) is 5.91 Å². The summed E-state index contributed by atoms with van der Waals surface area (Å²) in [4.78, 5) is 23.7. The zero-order valence-electron chi connectivity index (χ0n) is 12.6. The molecule has 2 rings (SSSR count). The molecule has 0 spiro atoms. The van der Waals surface area contributed by atoms with Crippen molar-refractivity contribution in [3.63, 3.8) is 0 Å². The van der Waals surface area contributed by atoms with Gasteiger partial charge in [0.25, 0.3) is 0 Å². The quantitative estimate of drug-likeness (QED) is 0.832. The monoisotopic (exact) mass is 281 g/mol. The molecule has 4 atom stereocenters. The van der Waals surface area contributed by atoms with Crippen molar-refractivity contribution >= 4 is 11.9 Å². The molecule has 0 saturated heterocycles. The summed E-state index contributed by atoms with van der Waals surface area (Å²) in [6.07, 6.45) is 7.52. The van der Waals surface area contributed by atoms with Crippen LogP contribution in [0.4, 0.5) is 0 Å². The molecule has 20 heavy (non-hydrogen) atoms. The molecule has 0 aromatic rings. The molecular formula is C16H27NO3. The molecular weight excluding hydrogens is 254 g/mol. The van der Waals surface area contributed by atoms with Crippen LogP contribution >= 0.6 is 0 Å². The molecule has 0 aliphatic heterocycles. The SMILES string of the molecule is CC1C[C@H](C(=O)N[C@H](C)C2CCCCC2)[C@H](C(=O)O)C1. The first-order chi connectivity index (χ1) is 9.49. The minimum atomic E-state index is -0.820. The molecule has 0 radical (unpaired) electrons. The lowest BCUT2D eigenvalue weighted by Gasteiger charge is -2.29. The van der Waals surface area contributed by atoms with E-state index in [0.717, 1.165) is 0 Å². The van der Waals surface area contributed by atoms with Crippen LogP contribution in [0, 0.1) is 23.7 Å². The summed E-state index contributed by atoms with van der Waals surface area (Å²) < 4.78 is 0. The molecule has 2 saturated carbocycles. The van der Waals surface area contributed by atoms with Crippen molar-refractivity contribution in [1.29, 1.82) is 0 Å². The number of amides is 1. The summed E-state index contributed by atoms with van der Waals surface area (Å²) >= 11 is 0. The predicted octanol–water partition coefficient (Wildman–Crippen LogP) is 2.82. The minimum absolute atomic E-state index is 0.0418. The topological polar surface area (TPSA) is 66.4 Å². The molecule has 4 nitrogen and oxygen atoms in total. The van der Waals surface area contributed by atoms with E-state index in [1.54, 1.807) is 0 Å². The Balaban J connectivity index is 1.91. The number of hydrogen-bond acceptors (Lipinski definition) is 2. The fourth-order valence-electron chi connectivity index (χ4n) is 3.94. The summed E-state index contributed by atoms with van der Waals surface area (Å²) in [5.74, 6) is -0.802. The molecule has 1 amide bonds. The van der Waals surface area contributed by atoms with E-state index in [-0.39, 0.29) is 17.9 Å². The van der Waals surface area contributed by atoms with Crippen molar-refractivity contribution in [2.45, 2.75) is 64.8 Å². The molecule has 0 bridgehead atoms. The van der Waals surface area contributed by atoms with Gasteiger partial charge >= 0.3 is 5.97 Å². The van der Waals surface area contributed by atoms with E-state index in [1.165, 1.54) is 32.1 Å². The Morgan fingerprint density at radius 1 is 1.10 bits per heavy atom. The number of carboxylic acids is 1. The molecule has 1 unspecified atom stereocenters. The third kappa shape index (κ3) is 3.53. The number of carbonyl (C=O) groups excluding carboxylic acids is 1. The van der Waals surface area contributed by atoms with Crippen molar-refractivity contribution in [2.24, 2.45) is 23.7 Å². The molecule has 4 heteroatoms. The molecule has 2 aliphatic rings. The molecule has 0 aromatic carbocycles. The Morgan fingerprint density at radius 3 is 2.30 bits per heavy atom. The number of hydrogen-bond donors (Lipinski definition) is 2. The van der Waals surface area contributed by atoms with E-state index in [4.69, 9.17) is 0 Å². The number of rotatable bonds is 4. The van der Waals surface area contributed by atoms with Crippen LogP contribution in [0.1, 0.15) is 58.8 Å². The van der Waals surface area contributed by atoms with Crippen molar-refractivity contribution in [2.75, 3.05) is 0 Å². The van der Waals surface area contributed by atoms with Gasteiger partial charge in [-0.1, -0.05) is 26.2 Å².